The molecule has 0 spiro atoms. The summed E-state index contributed by atoms with van der Waals surface area (Å²) < 4.78 is 5.14. The number of nitrogens with zero attached hydrogens (tertiary/aromatic N) is 2. The number of hydrogen-bond acceptors (Lipinski definition) is 4. The van der Waals surface area contributed by atoms with E-state index in [1.807, 2.05) is 0 Å². The summed E-state index contributed by atoms with van der Waals surface area (Å²) in [5.41, 5.74) is 6.11. The molecule has 1 aromatic rings. The molecule has 0 aliphatic rings. The van der Waals surface area contributed by atoms with Crippen molar-refractivity contribution in [3.63, 3.8) is 0 Å². The van der Waals surface area contributed by atoms with Crippen LogP contribution in [-0.2, 0) is 12.8 Å². The Labute approximate surface area is 91.2 Å². The van der Waals surface area contributed by atoms with Crippen molar-refractivity contribution in [2.45, 2.75) is 53.0 Å². The minimum absolute atomic E-state index is 0.0485. The largest absolute Gasteiger partial charge is 0.339 e. The van der Waals surface area contributed by atoms with Crippen LogP contribution in [0.4, 0.5) is 0 Å². The Morgan fingerprint density at radius 3 is 2.60 bits per heavy atom. The van der Waals surface area contributed by atoms with Gasteiger partial charge in [-0.25, -0.2) is 0 Å². The topological polar surface area (TPSA) is 64.9 Å². The Balaban J connectivity index is 2.57. The maximum Gasteiger partial charge on any atom is 0.228 e. The molecule has 0 saturated carbocycles. The van der Waals surface area contributed by atoms with Gasteiger partial charge >= 0.3 is 0 Å². The van der Waals surface area contributed by atoms with E-state index >= 15 is 0 Å². The summed E-state index contributed by atoms with van der Waals surface area (Å²) in [6.07, 6.45) is 2.55. The molecule has 0 aliphatic heterocycles. The molecular weight excluding hydrogens is 190 g/mol. The SMILES string of the molecule is CCCc1noc(CC(N)C(C)(C)C)n1. The van der Waals surface area contributed by atoms with Crippen LogP contribution in [0.5, 0.6) is 0 Å². The third-order valence-electron chi connectivity index (χ3n) is 2.49. The highest BCUT2D eigenvalue weighted by molar-refractivity contribution is 4.91. The Bertz CT molecular complexity index is 301. The van der Waals surface area contributed by atoms with E-state index in [9.17, 15) is 0 Å². The lowest BCUT2D eigenvalue weighted by Crippen LogP contribution is -2.36. The van der Waals surface area contributed by atoms with E-state index < -0.39 is 0 Å². The lowest BCUT2D eigenvalue weighted by atomic mass is 9.85. The van der Waals surface area contributed by atoms with Gasteiger partial charge in [-0.05, 0) is 11.8 Å². The maximum atomic E-state index is 6.04. The van der Waals surface area contributed by atoms with Crippen LogP contribution >= 0.6 is 0 Å². The van der Waals surface area contributed by atoms with Crippen molar-refractivity contribution in [3.05, 3.63) is 11.7 Å². The van der Waals surface area contributed by atoms with Gasteiger partial charge in [0, 0.05) is 18.9 Å². The van der Waals surface area contributed by atoms with E-state index in [2.05, 4.69) is 37.8 Å². The Morgan fingerprint density at radius 2 is 2.07 bits per heavy atom. The summed E-state index contributed by atoms with van der Waals surface area (Å²) in [5.74, 6) is 1.44. The van der Waals surface area contributed by atoms with Crippen LogP contribution in [0, 0.1) is 5.41 Å². The first-order valence-corrected chi connectivity index (χ1v) is 5.50. The van der Waals surface area contributed by atoms with Gasteiger partial charge < -0.3 is 10.3 Å². The van der Waals surface area contributed by atoms with Crippen LogP contribution in [0.2, 0.25) is 0 Å². The molecule has 4 heteroatoms. The summed E-state index contributed by atoms with van der Waals surface area (Å²) in [4.78, 5) is 4.30. The molecule has 1 aromatic heterocycles. The van der Waals surface area contributed by atoms with Crippen molar-refractivity contribution >= 4 is 0 Å². The molecule has 0 aliphatic carbocycles. The molecule has 4 nitrogen and oxygen atoms in total. The number of rotatable bonds is 4. The van der Waals surface area contributed by atoms with Gasteiger partial charge in [0.05, 0.1) is 0 Å². The molecule has 1 unspecified atom stereocenters. The highest BCUT2D eigenvalue weighted by Gasteiger charge is 2.23. The first-order valence-electron chi connectivity index (χ1n) is 5.50. The van der Waals surface area contributed by atoms with Gasteiger partial charge in [0.2, 0.25) is 5.89 Å². The highest BCUT2D eigenvalue weighted by Crippen LogP contribution is 2.20. The number of nitrogens with two attached hydrogens (primary N) is 1. The van der Waals surface area contributed by atoms with E-state index in [1.54, 1.807) is 0 Å². The fraction of sp³-hybridized carbons (Fsp3) is 0.818. The minimum atomic E-state index is 0.0485. The highest BCUT2D eigenvalue weighted by atomic mass is 16.5. The molecule has 1 heterocycles. The average molecular weight is 211 g/mol. The lowest BCUT2D eigenvalue weighted by molar-refractivity contribution is 0.285. The van der Waals surface area contributed by atoms with Crippen LogP contribution in [0.25, 0.3) is 0 Å². The normalized spacial score (nSPS) is 14.2. The molecule has 0 saturated heterocycles. The smallest absolute Gasteiger partial charge is 0.228 e. The summed E-state index contributed by atoms with van der Waals surface area (Å²) >= 11 is 0. The number of hydrogen-bond donors (Lipinski definition) is 1. The van der Waals surface area contributed by atoms with Gasteiger partial charge in [0.15, 0.2) is 5.82 Å². The first kappa shape index (κ1) is 12.2. The maximum absolute atomic E-state index is 6.04. The third kappa shape index (κ3) is 3.63. The minimum Gasteiger partial charge on any atom is -0.339 e. The summed E-state index contributed by atoms with van der Waals surface area (Å²) in [5, 5.41) is 3.90. The molecular formula is C11H21N3O. The van der Waals surface area contributed by atoms with Crippen molar-refractivity contribution in [3.8, 4) is 0 Å². The Morgan fingerprint density at radius 1 is 1.40 bits per heavy atom. The fourth-order valence-corrected chi connectivity index (χ4v) is 1.19. The van der Waals surface area contributed by atoms with E-state index in [1.165, 1.54) is 0 Å². The van der Waals surface area contributed by atoms with Crippen LogP contribution in [-0.4, -0.2) is 16.2 Å². The molecule has 15 heavy (non-hydrogen) atoms. The van der Waals surface area contributed by atoms with E-state index in [-0.39, 0.29) is 11.5 Å². The van der Waals surface area contributed by atoms with Gasteiger partial charge in [-0.2, -0.15) is 4.98 Å². The molecule has 0 fully saturated rings. The predicted octanol–water partition coefficient (Wildman–Crippen LogP) is 1.94. The molecule has 86 valence electrons. The molecule has 2 N–H and O–H groups in total. The molecule has 0 amide bonds. The van der Waals surface area contributed by atoms with Gasteiger partial charge in [-0.3, -0.25) is 0 Å². The van der Waals surface area contributed by atoms with E-state index in [0.29, 0.717) is 12.3 Å². The Hall–Kier alpha value is -0.900. The van der Waals surface area contributed by atoms with Gasteiger partial charge in [0.25, 0.3) is 0 Å². The molecule has 1 atom stereocenters. The number of aryl methyl sites for hydroxylation is 1. The van der Waals surface area contributed by atoms with Crippen molar-refractivity contribution in [1.29, 1.82) is 0 Å². The quantitative estimate of drug-likeness (QED) is 0.826. The summed E-state index contributed by atoms with van der Waals surface area (Å²) in [6, 6.07) is 0.0485. The monoisotopic (exact) mass is 211 g/mol. The second-order valence-electron chi connectivity index (χ2n) is 5.03. The predicted molar refractivity (Wildman–Crippen MR) is 59.4 cm³/mol. The van der Waals surface area contributed by atoms with Crippen LogP contribution in [0.1, 0.15) is 45.8 Å². The zero-order valence-corrected chi connectivity index (χ0v) is 10.1. The molecule has 0 aromatic carbocycles. The second kappa shape index (κ2) is 4.75. The van der Waals surface area contributed by atoms with Crippen molar-refractivity contribution in [2.75, 3.05) is 0 Å². The van der Waals surface area contributed by atoms with E-state index in [4.69, 9.17) is 10.3 Å². The first-order chi connectivity index (χ1) is 6.93. The second-order valence-corrected chi connectivity index (χ2v) is 5.03. The van der Waals surface area contributed by atoms with Crippen molar-refractivity contribution in [1.82, 2.24) is 10.1 Å². The average Bonchev–Trinajstić information content (AvgIpc) is 2.51. The summed E-state index contributed by atoms with van der Waals surface area (Å²) in [6.45, 7) is 8.43. The zero-order chi connectivity index (χ0) is 11.5. The van der Waals surface area contributed by atoms with Gasteiger partial charge in [0.1, 0.15) is 0 Å². The molecule has 1 rings (SSSR count). The number of aromatic nitrogens is 2. The summed E-state index contributed by atoms with van der Waals surface area (Å²) in [7, 11) is 0. The lowest BCUT2D eigenvalue weighted by Gasteiger charge is -2.25. The fourth-order valence-electron chi connectivity index (χ4n) is 1.19. The van der Waals surface area contributed by atoms with Crippen LogP contribution < -0.4 is 5.73 Å². The van der Waals surface area contributed by atoms with E-state index in [0.717, 1.165) is 18.7 Å². The molecule has 0 bridgehead atoms. The van der Waals surface area contributed by atoms with Gasteiger partial charge in [-0.15, -0.1) is 0 Å². The zero-order valence-electron chi connectivity index (χ0n) is 10.1. The van der Waals surface area contributed by atoms with Crippen molar-refractivity contribution in [2.24, 2.45) is 11.1 Å². The third-order valence-corrected chi connectivity index (χ3v) is 2.49. The van der Waals surface area contributed by atoms with Crippen molar-refractivity contribution < 1.29 is 4.52 Å². The van der Waals surface area contributed by atoms with Crippen LogP contribution in [0.3, 0.4) is 0 Å². The Kier molecular flexibility index (Phi) is 3.85. The van der Waals surface area contributed by atoms with Crippen LogP contribution in [0.15, 0.2) is 4.52 Å². The van der Waals surface area contributed by atoms with Gasteiger partial charge in [-0.1, -0.05) is 32.9 Å². The molecule has 0 radical (unpaired) electrons. The standard InChI is InChI=1S/C11H21N3O/c1-5-6-9-13-10(15-14-9)7-8(12)11(2,3)4/h8H,5-7,12H2,1-4H3.